The molecule has 0 unspecified atom stereocenters. The fourth-order valence-corrected chi connectivity index (χ4v) is 1.32. The van der Waals surface area contributed by atoms with Crippen LogP contribution in [0.1, 0.15) is 11.3 Å². The second-order valence-electron chi connectivity index (χ2n) is 3.49. The van der Waals surface area contributed by atoms with Gasteiger partial charge in [0.1, 0.15) is 5.82 Å². The maximum Gasteiger partial charge on any atom is 0.170 e. The molecular formula is C10H16N4O2. The molecule has 4 N–H and O–H groups in total. The van der Waals surface area contributed by atoms with Crippen molar-refractivity contribution >= 4 is 11.7 Å². The Morgan fingerprint density at radius 2 is 2.25 bits per heavy atom. The van der Waals surface area contributed by atoms with Crippen LogP contribution in [0.4, 0.5) is 5.82 Å². The highest BCUT2D eigenvalue weighted by molar-refractivity contribution is 5.97. The molecule has 1 aromatic heterocycles. The highest BCUT2D eigenvalue weighted by Gasteiger charge is 2.07. The van der Waals surface area contributed by atoms with Crippen LogP contribution >= 0.6 is 0 Å². The van der Waals surface area contributed by atoms with Gasteiger partial charge in [0.05, 0.1) is 6.61 Å². The van der Waals surface area contributed by atoms with Crippen molar-refractivity contribution in [2.45, 2.75) is 6.92 Å². The molecule has 6 nitrogen and oxygen atoms in total. The SMILES string of the molecule is Cc1cc(/C(N)=N/O)cc(N(C)CCO)n1. The number of aliphatic hydroxyl groups excluding tert-OH is 1. The fourth-order valence-electron chi connectivity index (χ4n) is 1.32. The van der Waals surface area contributed by atoms with Gasteiger partial charge in [-0.3, -0.25) is 0 Å². The van der Waals surface area contributed by atoms with Crippen LogP contribution < -0.4 is 10.6 Å². The predicted molar refractivity (Wildman–Crippen MR) is 61.8 cm³/mol. The maximum atomic E-state index is 8.83. The molecule has 16 heavy (non-hydrogen) atoms. The van der Waals surface area contributed by atoms with E-state index >= 15 is 0 Å². The van der Waals surface area contributed by atoms with Crippen LogP contribution in [0.3, 0.4) is 0 Å². The van der Waals surface area contributed by atoms with E-state index in [4.69, 9.17) is 16.0 Å². The number of amidine groups is 1. The lowest BCUT2D eigenvalue weighted by Crippen LogP contribution is -2.23. The molecule has 1 rings (SSSR count). The summed E-state index contributed by atoms with van der Waals surface area (Å²) in [5, 5.41) is 20.4. The number of hydrogen-bond acceptors (Lipinski definition) is 5. The lowest BCUT2D eigenvalue weighted by Gasteiger charge is -2.17. The van der Waals surface area contributed by atoms with Gasteiger partial charge in [0.2, 0.25) is 0 Å². The van der Waals surface area contributed by atoms with E-state index in [9.17, 15) is 0 Å². The summed E-state index contributed by atoms with van der Waals surface area (Å²) >= 11 is 0. The first-order chi connectivity index (χ1) is 7.58. The predicted octanol–water partition coefficient (Wildman–Crippen LogP) is -0.0870. The van der Waals surface area contributed by atoms with Crippen LogP contribution in [0, 0.1) is 6.92 Å². The van der Waals surface area contributed by atoms with E-state index in [1.165, 1.54) is 0 Å². The van der Waals surface area contributed by atoms with Gasteiger partial charge >= 0.3 is 0 Å². The van der Waals surface area contributed by atoms with Gasteiger partial charge in [-0.15, -0.1) is 0 Å². The molecule has 6 heteroatoms. The van der Waals surface area contributed by atoms with E-state index in [1.807, 2.05) is 14.0 Å². The molecule has 0 saturated heterocycles. The van der Waals surface area contributed by atoms with Crippen molar-refractivity contribution in [2.24, 2.45) is 10.9 Å². The molecule has 0 saturated carbocycles. The normalized spacial score (nSPS) is 11.6. The molecule has 0 atom stereocenters. The molecule has 0 aliphatic heterocycles. The van der Waals surface area contributed by atoms with Gasteiger partial charge in [-0.05, 0) is 19.1 Å². The van der Waals surface area contributed by atoms with Gasteiger partial charge in [-0.1, -0.05) is 5.16 Å². The summed E-state index contributed by atoms with van der Waals surface area (Å²) in [6.45, 7) is 2.35. The molecular weight excluding hydrogens is 208 g/mol. The minimum Gasteiger partial charge on any atom is -0.409 e. The van der Waals surface area contributed by atoms with Crippen LogP contribution in [0.5, 0.6) is 0 Å². The number of pyridine rings is 1. The van der Waals surface area contributed by atoms with E-state index < -0.39 is 0 Å². The van der Waals surface area contributed by atoms with E-state index in [0.717, 1.165) is 5.69 Å². The minimum absolute atomic E-state index is 0.0455. The van der Waals surface area contributed by atoms with Crippen LogP contribution in [-0.2, 0) is 0 Å². The molecule has 0 amide bonds. The third-order valence-corrected chi connectivity index (χ3v) is 2.17. The summed E-state index contributed by atoms with van der Waals surface area (Å²) in [4.78, 5) is 6.08. The molecule has 1 heterocycles. The van der Waals surface area contributed by atoms with Crippen LogP contribution in [0.15, 0.2) is 17.3 Å². The van der Waals surface area contributed by atoms with Gasteiger partial charge in [-0.2, -0.15) is 0 Å². The Labute approximate surface area is 94.0 Å². The summed E-state index contributed by atoms with van der Waals surface area (Å²) in [6.07, 6.45) is 0. The van der Waals surface area contributed by atoms with Crippen molar-refractivity contribution in [2.75, 3.05) is 25.1 Å². The third-order valence-electron chi connectivity index (χ3n) is 2.17. The zero-order chi connectivity index (χ0) is 12.1. The molecule has 0 aromatic carbocycles. The van der Waals surface area contributed by atoms with Crippen LogP contribution in [0.25, 0.3) is 0 Å². The standard InChI is InChI=1S/C10H16N4O2/c1-7-5-8(10(11)13-16)6-9(12-7)14(2)3-4-15/h5-6,15-16H,3-4H2,1-2H3,(H2,11,13). The van der Waals surface area contributed by atoms with E-state index in [2.05, 4.69) is 10.1 Å². The molecule has 0 bridgehead atoms. The first-order valence-corrected chi connectivity index (χ1v) is 4.87. The summed E-state index contributed by atoms with van der Waals surface area (Å²) in [7, 11) is 1.81. The number of nitrogens with two attached hydrogens (primary N) is 1. The first kappa shape index (κ1) is 12.3. The second kappa shape index (κ2) is 5.32. The lowest BCUT2D eigenvalue weighted by molar-refractivity contribution is 0.304. The van der Waals surface area contributed by atoms with Gasteiger partial charge in [0.25, 0.3) is 0 Å². The number of anilines is 1. The fraction of sp³-hybridized carbons (Fsp3) is 0.400. The average molecular weight is 224 g/mol. The number of aryl methyl sites for hydroxylation is 1. The van der Waals surface area contributed by atoms with Gasteiger partial charge in [0, 0.05) is 24.8 Å². The second-order valence-corrected chi connectivity index (χ2v) is 3.49. The number of hydrogen-bond donors (Lipinski definition) is 3. The quantitative estimate of drug-likeness (QED) is 0.287. The lowest BCUT2D eigenvalue weighted by atomic mass is 10.2. The topological polar surface area (TPSA) is 95.0 Å². The molecule has 88 valence electrons. The van der Waals surface area contributed by atoms with Crippen molar-refractivity contribution in [1.82, 2.24) is 4.98 Å². The number of oxime groups is 1. The number of aromatic nitrogens is 1. The third kappa shape index (κ3) is 2.83. The number of aliphatic hydroxyl groups is 1. The summed E-state index contributed by atoms with van der Waals surface area (Å²) in [5.74, 6) is 0.722. The Kier molecular flexibility index (Phi) is 4.07. The number of likely N-dealkylation sites (N-methyl/N-ethyl adjacent to an activating group) is 1. The summed E-state index contributed by atoms with van der Waals surface area (Å²) < 4.78 is 0. The zero-order valence-electron chi connectivity index (χ0n) is 9.38. The van der Waals surface area contributed by atoms with Crippen molar-refractivity contribution in [3.63, 3.8) is 0 Å². The van der Waals surface area contributed by atoms with Gasteiger partial charge < -0.3 is 20.9 Å². The summed E-state index contributed by atoms with van der Waals surface area (Å²) in [5.41, 5.74) is 6.88. The van der Waals surface area contributed by atoms with Crippen molar-refractivity contribution in [3.8, 4) is 0 Å². The molecule has 0 aliphatic rings. The van der Waals surface area contributed by atoms with Crippen LogP contribution in [-0.4, -0.2) is 41.3 Å². The van der Waals surface area contributed by atoms with Crippen molar-refractivity contribution < 1.29 is 10.3 Å². The maximum absolute atomic E-state index is 8.83. The minimum atomic E-state index is 0.0455. The Bertz CT molecular complexity index is 392. The van der Waals surface area contributed by atoms with Crippen molar-refractivity contribution in [3.05, 3.63) is 23.4 Å². The zero-order valence-corrected chi connectivity index (χ0v) is 9.38. The molecule has 0 aliphatic carbocycles. The van der Waals surface area contributed by atoms with E-state index in [0.29, 0.717) is 17.9 Å². The first-order valence-electron chi connectivity index (χ1n) is 4.87. The molecule has 1 aromatic rings. The highest BCUT2D eigenvalue weighted by atomic mass is 16.4. The largest absolute Gasteiger partial charge is 0.409 e. The number of nitrogens with zero attached hydrogens (tertiary/aromatic N) is 3. The van der Waals surface area contributed by atoms with E-state index in [-0.39, 0.29) is 12.4 Å². The summed E-state index contributed by atoms with van der Waals surface area (Å²) in [6, 6.07) is 3.43. The molecule has 0 radical (unpaired) electrons. The molecule has 0 fully saturated rings. The Morgan fingerprint density at radius 1 is 1.56 bits per heavy atom. The molecule has 0 spiro atoms. The monoisotopic (exact) mass is 224 g/mol. The van der Waals surface area contributed by atoms with E-state index in [1.54, 1.807) is 17.0 Å². The number of rotatable bonds is 4. The average Bonchev–Trinajstić information content (AvgIpc) is 2.27. The Balaban J connectivity index is 3.07. The van der Waals surface area contributed by atoms with Crippen molar-refractivity contribution in [1.29, 1.82) is 0 Å². The van der Waals surface area contributed by atoms with Crippen LogP contribution in [0.2, 0.25) is 0 Å². The van der Waals surface area contributed by atoms with Gasteiger partial charge in [0.15, 0.2) is 5.84 Å². The Morgan fingerprint density at radius 3 is 2.81 bits per heavy atom. The Hall–Kier alpha value is -1.82. The highest BCUT2D eigenvalue weighted by Crippen LogP contribution is 2.13. The van der Waals surface area contributed by atoms with Gasteiger partial charge in [-0.25, -0.2) is 4.98 Å². The smallest absolute Gasteiger partial charge is 0.170 e.